The van der Waals surface area contributed by atoms with Crippen LogP contribution in [0.25, 0.3) is 0 Å². The molecule has 0 spiro atoms. The number of Topliss-reactive ketones (excluding diaryl/α,β-unsaturated/α-hetero) is 1. The number of benzene rings is 1. The summed E-state index contributed by atoms with van der Waals surface area (Å²) in [7, 11) is 1.56. The van der Waals surface area contributed by atoms with Crippen molar-refractivity contribution in [3.05, 3.63) is 59.3 Å². The summed E-state index contributed by atoms with van der Waals surface area (Å²) in [5.74, 6) is 0.780. The van der Waals surface area contributed by atoms with Crippen molar-refractivity contribution in [1.29, 1.82) is 0 Å². The zero-order valence-electron chi connectivity index (χ0n) is 21.0. The Bertz CT molecular complexity index is 1100. The van der Waals surface area contributed by atoms with Crippen LogP contribution in [0, 0.1) is 11.8 Å². The predicted octanol–water partition coefficient (Wildman–Crippen LogP) is 5.39. The third-order valence-corrected chi connectivity index (χ3v) is 7.80. The molecule has 1 aliphatic carbocycles. The molecule has 2 aromatic rings. The molecular weight excluding hydrogens is 485 g/mol. The van der Waals surface area contributed by atoms with Crippen LogP contribution < -0.4 is 4.74 Å². The molecule has 9 heteroatoms. The number of ether oxygens (including phenoxy) is 1. The second-order valence-corrected chi connectivity index (χ2v) is 10.3. The molecule has 1 amide bonds. The molecule has 4 rings (SSSR count). The molecule has 1 saturated heterocycles. The standard InChI is InChI=1S/C28H33F3N2O4/c1-37-25-7-5-23(17-32-25)27(36)12-9-19(10-13-27)15-20-11-14-33(18-20)26(35)8-6-24(34)21-3-2-4-22(16-21)28(29,30)31/h2-5,7,16-17,19-20,36H,6,8-15,18H2,1H3. The number of hydrogen-bond acceptors (Lipinski definition) is 5. The number of pyridine rings is 1. The summed E-state index contributed by atoms with van der Waals surface area (Å²) in [6, 6.07) is 7.96. The Morgan fingerprint density at radius 3 is 2.51 bits per heavy atom. The number of carbonyl (C=O) groups is 2. The van der Waals surface area contributed by atoms with Gasteiger partial charge in [0, 0.05) is 49.3 Å². The van der Waals surface area contributed by atoms with Crippen LogP contribution in [0.1, 0.15) is 72.9 Å². The average molecular weight is 519 g/mol. The van der Waals surface area contributed by atoms with Crippen LogP contribution in [-0.2, 0) is 16.6 Å². The highest BCUT2D eigenvalue weighted by Crippen LogP contribution is 2.42. The van der Waals surface area contributed by atoms with E-state index in [0.717, 1.165) is 43.4 Å². The Balaban J connectivity index is 1.21. The molecule has 2 aliphatic rings. The van der Waals surface area contributed by atoms with Gasteiger partial charge >= 0.3 is 6.18 Å². The zero-order chi connectivity index (χ0) is 26.6. The van der Waals surface area contributed by atoms with Crippen molar-refractivity contribution in [2.24, 2.45) is 11.8 Å². The summed E-state index contributed by atoms with van der Waals surface area (Å²) in [6.45, 7) is 1.27. The largest absolute Gasteiger partial charge is 0.481 e. The van der Waals surface area contributed by atoms with E-state index in [2.05, 4.69) is 4.98 Å². The number of rotatable bonds is 8. The van der Waals surface area contributed by atoms with Crippen LogP contribution in [-0.4, -0.2) is 46.9 Å². The van der Waals surface area contributed by atoms with Gasteiger partial charge in [-0.25, -0.2) is 4.98 Å². The maximum atomic E-state index is 12.9. The summed E-state index contributed by atoms with van der Waals surface area (Å²) in [6.07, 6.45) is 2.07. The fourth-order valence-electron chi connectivity index (χ4n) is 5.57. The van der Waals surface area contributed by atoms with Crippen molar-refractivity contribution in [3.63, 3.8) is 0 Å². The van der Waals surface area contributed by atoms with Gasteiger partial charge < -0.3 is 14.7 Å². The first-order valence-electron chi connectivity index (χ1n) is 12.8. The minimum atomic E-state index is -4.51. The number of aliphatic hydroxyl groups is 1. The van der Waals surface area contributed by atoms with E-state index < -0.39 is 23.1 Å². The number of aromatic nitrogens is 1. The highest BCUT2D eigenvalue weighted by molar-refractivity contribution is 5.98. The second kappa shape index (κ2) is 11.2. The molecule has 1 N–H and O–H groups in total. The molecule has 1 aromatic carbocycles. The van der Waals surface area contributed by atoms with Gasteiger partial charge in [-0.3, -0.25) is 9.59 Å². The number of amides is 1. The quantitative estimate of drug-likeness (QED) is 0.474. The summed E-state index contributed by atoms with van der Waals surface area (Å²) >= 11 is 0. The van der Waals surface area contributed by atoms with Crippen molar-refractivity contribution in [3.8, 4) is 5.88 Å². The maximum absolute atomic E-state index is 12.9. The Morgan fingerprint density at radius 1 is 1.11 bits per heavy atom. The lowest BCUT2D eigenvalue weighted by atomic mass is 9.73. The summed E-state index contributed by atoms with van der Waals surface area (Å²) in [5.41, 5.74) is -0.956. The van der Waals surface area contributed by atoms with Gasteiger partial charge in [0.15, 0.2) is 5.78 Å². The molecule has 200 valence electrons. The first-order valence-corrected chi connectivity index (χ1v) is 12.8. The second-order valence-electron chi connectivity index (χ2n) is 10.3. The number of methoxy groups -OCH3 is 1. The SMILES string of the molecule is COc1ccc(C2(O)CCC(CC3CCN(C(=O)CCC(=O)c4cccc(C(F)(F)F)c4)C3)CC2)cn1. The van der Waals surface area contributed by atoms with E-state index in [1.54, 1.807) is 24.3 Å². The number of alkyl halides is 3. The molecule has 37 heavy (non-hydrogen) atoms. The van der Waals surface area contributed by atoms with Crippen LogP contribution in [0.4, 0.5) is 13.2 Å². The van der Waals surface area contributed by atoms with Crippen LogP contribution in [0.5, 0.6) is 5.88 Å². The molecule has 2 heterocycles. The normalized spacial score (nSPS) is 24.2. The van der Waals surface area contributed by atoms with E-state index in [1.807, 2.05) is 6.07 Å². The molecule has 1 atom stereocenters. The van der Waals surface area contributed by atoms with Crippen molar-refractivity contribution in [2.75, 3.05) is 20.2 Å². The van der Waals surface area contributed by atoms with Crippen molar-refractivity contribution < 1.29 is 32.6 Å². The Kier molecular flexibility index (Phi) is 8.21. The van der Waals surface area contributed by atoms with E-state index in [0.29, 0.717) is 43.6 Å². The van der Waals surface area contributed by atoms with Crippen molar-refractivity contribution in [1.82, 2.24) is 9.88 Å². The lowest BCUT2D eigenvalue weighted by Crippen LogP contribution is -2.33. The van der Waals surface area contributed by atoms with Crippen molar-refractivity contribution in [2.45, 2.75) is 63.1 Å². The van der Waals surface area contributed by atoms with Gasteiger partial charge in [0.2, 0.25) is 11.8 Å². The molecular formula is C28H33F3N2O4. The van der Waals surface area contributed by atoms with Gasteiger partial charge in [0.05, 0.1) is 18.3 Å². The van der Waals surface area contributed by atoms with Gasteiger partial charge in [0.25, 0.3) is 0 Å². The smallest absolute Gasteiger partial charge is 0.416 e. The van der Waals surface area contributed by atoms with Crippen LogP contribution in [0.3, 0.4) is 0 Å². The highest BCUT2D eigenvalue weighted by Gasteiger charge is 2.37. The fraction of sp³-hybridized carbons (Fsp3) is 0.536. The number of likely N-dealkylation sites (tertiary alicyclic amines) is 1. The Morgan fingerprint density at radius 2 is 1.86 bits per heavy atom. The number of nitrogens with zero attached hydrogens (tertiary/aromatic N) is 2. The molecule has 1 unspecified atom stereocenters. The first kappa shape index (κ1) is 27.1. The van der Waals surface area contributed by atoms with Crippen molar-refractivity contribution >= 4 is 11.7 Å². The number of halogens is 3. The highest BCUT2D eigenvalue weighted by atomic mass is 19.4. The van der Waals surface area contributed by atoms with E-state index in [4.69, 9.17) is 4.74 Å². The fourth-order valence-corrected chi connectivity index (χ4v) is 5.57. The maximum Gasteiger partial charge on any atom is 0.416 e. The van der Waals surface area contributed by atoms with Gasteiger partial charge in [-0.05, 0) is 68.6 Å². The van der Waals surface area contributed by atoms with E-state index in [-0.39, 0.29) is 24.3 Å². The average Bonchev–Trinajstić information content (AvgIpc) is 3.37. The molecule has 1 aromatic heterocycles. The third kappa shape index (κ3) is 6.69. The van der Waals surface area contributed by atoms with E-state index >= 15 is 0 Å². The van der Waals surface area contributed by atoms with Gasteiger partial charge in [-0.1, -0.05) is 12.1 Å². The van der Waals surface area contributed by atoms with Gasteiger partial charge in [-0.15, -0.1) is 0 Å². The lowest BCUT2D eigenvalue weighted by molar-refractivity contribution is -0.137. The molecule has 2 fully saturated rings. The zero-order valence-corrected chi connectivity index (χ0v) is 21.0. The molecule has 1 saturated carbocycles. The molecule has 0 radical (unpaired) electrons. The summed E-state index contributed by atoms with van der Waals surface area (Å²) in [5, 5.41) is 11.1. The topological polar surface area (TPSA) is 79.7 Å². The number of ketones is 1. The Labute approximate surface area is 214 Å². The number of carbonyl (C=O) groups excluding carboxylic acids is 2. The molecule has 1 aliphatic heterocycles. The van der Waals surface area contributed by atoms with Crippen LogP contribution in [0.15, 0.2) is 42.6 Å². The van der Waals surface area contributed by atoms with E-state index in [9.17, 15) is 27.9 Å². The van der Waals surface area contributed by atoms with E-state index in [1.165, 1.54) is 12.1 Å². The monoisotopic (exact) mass is 518 g/mol. The minimum absolute atomic E-state index is 0.00580. The third-order valence-electron chi connectivity index (χ3n) is 7.80. The van der Waals surface area contributed by atoms with Gasteiger partial charge in [-0.2, -0.15) is 13.2 Å². The van der Waals surface area contributed by atoms with Gasteiger partial charge in [0.1, 0.15) is 0 Å². The Hall–Kier alpha value is -2.94. The molecule has 6 nitrogen and oxygen atoms in total. The predicted molar refractivity (Wildman–Crippen MR) is 131 cm³/mol. The summed E-state index contributed by atoms with van der Waals surface area (Å²) in [4.78, 5) is 31.1. The lowest BCUT2D eigenvalue weighted by Gasteiger charge is -2.37. The van der Waals surface area contributed by atoms with Crippen LogP contribution >= 0.6 is 0 Å². The minimum Gasteiger partial charge on any atom is -0.481 e. The number of hydrogen-bond donors (Lipinski definition) is 1. The first-order chi connectivity index (χ1) is 17.6. The van der Waals surface area contributed by atoms with Crippen LogP contribution in [0.2, 0.25) is 0 Å². The summed E-state index contributed by atoms with van der Waals surface area (Å²) < 4.78 is 43.8. The molecule has 0 bridgehead atoms.